The molecule has 0 spiro atoms. The van der Waals surface area contributed by atoms with Crippen LogP contribution in [0.25, 0.3) is 16.8 Å². The number of aryl methyl sites for hydroxylation is 2. The summed E-state index contributed by atoms with van der Waals surface area (Å²) in [6.07, 6.45) is 0. The molecule has 0 atom stereocenters. The Kier molecular flexibility index (Phi) is 2.71. The minimum Gasteiger partial charge on any atom is -0.293 e. The van der Waals surface area contributed by atoms with Crippen molar-refractivity contribution < 1.29 is 4.39 Å². The molecule has 1 N–H and O–H groups in total. The Morgan fingerprint density at radius 1 is 1.20 bits per heavy atom. The van der Waals surface area contributed by atoms with Crippen LogP contribution in [0.3, 0.4) is 0 Å². The second-order valence-corrected chi connectivity index (χ2v) is 4.88. The van der Waals surface area contributed by atoms with Crippen LogP contribution in [0.5, 0.6) is 0 Å². The van der Waals surface area contributed by atoms with E-state index < -0.39 is 0 Å². The molecule has 0 fully saturated rings. The van der Waals surface area contributed by atoms with E-state index in [4.69, 9.17) is 0 Å². The summed E-state index contributed by atoms with van der Waals surface area (Å²) in [6.45, 7) is 5.32. The van der Waals surface area contributed by atoms with Gasteiger partial charge in [-0.3, -0.25) is 9.89 Å². The van der Waals surface area contributed by atoms with E-state index in [0.29, 0.717) is 33.7 Å². The van der Waals surface area contributed by atoms with E-state index in [1.54, 1.807) is 39.0 Å². The molecule has 0 saturated carbocycles. The van der Waals surface area contributed by atoms with Crippen molar-refractivity contribution in [2.24, 2.45) is 0 Å². The van der Waals surface area contributed by atoms with Gasteiger partial charge in [-0.1, -0.05) is 18.2 Å². The predicted molar refractivity (Wildman–Crippen MR) is 75.4 cm³/mol. The smallest absolute Gasteiger partial charge is 0.275 e. The molecule has 0 bridgehead atoms. The van der Waals surface area contributed by atoms with Gasteiger partial charge in [-0.25, -0.2) is 13.9 Å². The molecule has 2 aromatic heterocycles. The summed E-state index contributed by atoms with van der Waals surface area (Å²) in [5.41, 5.74) is 3.33. The molecule has 0 saturated heterocycles. The molecule has 3 aromatic rings. The van der Waals surface area contributed by atoms with Gasteiger partial charge in [0.05, 0.1) is 0 Å². The van der Waals surface area contributed by atoms with E-state index in [2.05, 4.69) is 10.1 Å². The van der Waals surface area contributed by atoms with Crippen molar-refractivity contribution in [1.82, 2.24) is 14.6 Å². The molecule has 4 nitrogen and oxygen atoms in total. The first-order valence-electron chi connectivity index (χ1n) is 6.34. The SMILES string of the molecule is Cc1nc2c(-c3ccccc3F)c(C)[nH]n2c(=O)c1C. The summed E-state index contributed by atoms with van der Waals surface area (Å²) < 4.78 is 15.4. The molecule has 0 unspecified atom stereocenters. The highest BCUT2D eigenvalue weighted by molar-refractivity contribution is 5.80. The molecule has 0 radical (unpaired) electrons. The van der Waals surface area contributed by atoms with Gasteiger partial charge in [-0.05, 0) is 26.8 Å². The lowest BCUT2D eigenvalue weighted by Gasteiger charge is -2.03. The Labute approximate surface area is 114 Å². The van der Waals surface area contributed by atoms with Crippen molar-refractivity contribution >= 4 is 5.65 Å². The molecule has 5 heteroatoms. The Morgan fingerprint density at radius 3 is 2.60 bits per heavy atom. The highest BCUT2D eigenvalue weighted by atomic mass is 19.1. The summed E-state index contributed by atoms with van der Waals surface area (Å²) in [6, 6.07) is 6.49. The first-order valence-corrected chi connectivity index (χ1v) is 6.34. The van der Waals surface area contributed by atoms with Gasteiger partial charge in [0.15, 0.2) is 5.65 Å². The number of benzene rings is 1. The van der Waals surface area contributed by atoms with E-state index >= 15 is 0 Å². The lowest BCUT2D eigenvalue weighted by Crippen LogP contribution is -2.19. The van der Waals surface area contributed by atoms with Gasteiger partial charge in [-0.2, -0.15) is 0 Å². The largest absolute Gasteiger partial charge is 0.293 e. The number of hydrogen-bond donors (Lipinski definition) is 1. The molecule has 0 aliphatic carbocycles. The zero-order valence-corrected chi connectivity index (χ0v) is 11.5. The van der Waals surface area contributed by atoms with Crippen LogP contribution in [0, 0.1) is 26.6 Å². The summed E-state index contributed by atoms with van der Waals surface area (Å²) in [4.78, 5) is 16.7. The fourth-order valence-corrected chi connectivity index (χ4v) is 2.36. The first kappa shape index (κ1) is 12.6. The van der Waals surface area contributed by atoms with Crippen molar-refractivity contribution in [2.75, 3.05) is 0 Å². The summed E-state index contributed by atoms with van der Waals surface area (Å²) in [7, 11) is 0. The third-order valence-electron chi connectivity index (χ3n) is 3.57. The molecule has 0 amide bonds. The average Bonchev–Trinajstić information content (AvgIpc) is 2.74. The molecule has 2 heterocycles. The number of nitrogens with one attached hydrogen (secondary N) is 1. The van der Waals surface area contributed by atoms with Crippen LogP contribution < -0.4 is 5.56 Å². The minimum atomic E-state index is -0.329. The Hall–Kier alpha value is -2.43. The monoisotopic (exact) mass is 271 g/mol. The number of fused-ring (bicyclic) bond motifs is 1. The van der Waals surface area contributed by atoms with Gasteiger partial charge in [0.25, 0.3) is 5.56 Å². The van der Waals surface area contributed by atoms with Gasteiger partial charge in [-0.15, -0.1) is 0 Å². The van der Waals surface area contributed by atoms with E-state index in [1.807, 2.05) is 0 Å². The van der Waals surface area contributed by atoms with Gasteiger partial charge in [0, 0.05) is 28.1 Å². The molecule has 0 aliphatic rings. The van der Waals surface area contributed by atoms with Crippen LogP contribution in [-0.2, 0) is 0 Å². The topological polar surface area (TPSA) is 50.2 Å². The summed E-state index contributed by atoms with van der Waals surface area (Å²) in [5, 5.41) is 2.96. The molecular weight excluding hydrogens is 257 g/mol. The van der Waals surface area contributed by atoms with Crippen molar-refractivity contribution in [2.45, 2.75) is 20.8 Å². The van der Waals surface area contributed by atoms with Crippen molar-refractivity contribution in [1.29, 1.82) is 0 Å². The highest BCUT2D eigenvalue weighted by Crippen LogP contribution is 2.28. The van der Waals surface area contributed by atoms with Crippen LogP contribution in [0.2, 0.25) is 0 Å². The number of aromatic nitrogens is 3. The number of rotatable bonds is 1. The van der Waals surface area contributed by atoms with Gasteiger partial charge < -0.3 is 0 Å². The molecule has 20 heavy (non-hydrogen) atoms. The first-order chi connectivity index (χ1) is 9.50. The Balaban J connectivity index is 2.47. The van der Waals surface area contributed by atoms with Gasteiger partial charge in [0.2, 0.25) is 0 Å². The zero-order valence-electron chi connectivity index (χ0n) is 11.5. The standard InChI is InChI=1S/C15H14FN3O/c1-8-9(2)17-14-13(10(3)18-19(14)15(8)20)11-6-4-5-7-12(11)16/h4-7,18H,1-3H3. The summed E-state index contributed by atoms with van der Waals surface area (Å²) in [5.74, 6) is -0.329. The van der Waals surface area contributed by atoms with Crippen LogP contribution >= 0.6 is 0 Å². The fourth-order valence-electron chi connectivity index (χ4n) is 2.36. The number of aromatic amines is 1. The van der Waals surface area contributed by atoms with Gasteiger partial charge in [0.1, 0.15) is 5.82 Å². The Morgan fingerprint density at radius 2 is 1.90 bits per heavy atom. The molecule has 1 aromatic carbocycles. The van der Waals surface area contributed by atoms with Crippen molar-refractivity contribution in [3.05, 3.63) is 57.4 Å². The third kappa shape index (κ3) is 1.66. The summed E-state index contributed by atoms with van der Waals surface area (Å²) >= 11 is 0. The van der Waals surface area contributed by atoms with Crippen molar-refractivity contribution in [3.63, 3.8) is 0 Å². The molecule has 0 aliphatic heterocycles. The van der Waals surface area contributed by atoms with Crippen LogP contribution in [0.4, 0.5) is 4.39 Å². The fraction of sp³-hybridized carbons (Fsp3) is 0.200. The number of hydrogen-bond acceptors (Lipinski definition) is 2. The van der Waals surface area contributed by atoms with Crippen LogP contribution in [0.15, 0.2) is 29.1 Å². The number of H-pyrrole nitrogens is 1. The number of halogens is 1. The normalized spacial score (nSPS) is 11.2. The average molecular weight is 271 g/mol. The third-order valence-corrected chi connectivity index (χ3v) is 3.57. The molecular formula is C15H14FN3O. The predicted octanol–water partition coefficient (Wildman–Crippen LogP) is 2.75. The maximum absolute atomic E-state index is 14.0. The maximum atomic E-state index is 14.0. The molecule has 102 valence electrons. The second kappa shape index (κ2) is 4.30. The van der Waals surface area contributed by atoms with Crippen LogP contribution in [0.1, 0.15) is 17.0 Å². The van der Waals surface area contributed by atoms with E-state index in [-0.39, 0.29) is 11.4 Å². The molecule has 3 rings (SSSR count). The quantitative estimate of drug-likeness (QED) is 0.740. The van der Waals surface area contributed by atoms with E-state index in [0.717, 1.165) is 0 Å². The van der Waals surface area contributed by atoms with E-state index in [1.165, 1.54) is 10.6 Å². The van der Waals surface area contributed by atoms with Crippen molar-refractivity contribution in [3.8, 4) is 11.1 Å². The minimum absolute atomic E-state index is 0.154. The Bertz CT molecular complexity index is 877. The lowest BCUT2D eigenvalue weighted by atomic mass is 10.1. The zero-order chi connectivity index (χ0) is 14.4. The lowest BCUT2D eigenvalue weighted by molar-refractivity contribution is 0.631. The number of nitrogens with zero attached hydrogens (tertiary/aromatic N) is 2. The highest BCUT2D eigenvalue weighted by Gasteiger charge is 2.17. The van der Waals surface area contributed by atoms with Gasteiger partial charge >= 0.3 is 0 Å². The second-order valence-electron chi connectivity index (χ2n) is 4.88. The maximum Gasteiger partial charge on any atom is 0.275 e. The van der Waals surface area contributed by atoms with Crippen LogP contribution in [-0.4, -0.2) is 14.6 Å². The van der Waals surface area contributed by atoms with E-state index in [9.17, 15) is 9.18 Å².